The number of H-pyrrole nitrogens is 1. The van der Waals surface area contributed by atoms with Gasteiger partial charge in [0.15, 0.2) is 0 Å². The number of aromatic nitrogens is 1. The van der Waals surface area contributed by atoms with Gasteiger partial charge in [0.1, 0.15) is 0 Å². The largest absolute Gasteiger partial charge is 0.361 e. The number of fused-ring (bicyclic) bond motifs is 1. The second kappa shape index (κ2) is 8.02. The molecule has 25 heavy (non-hydrogen) atoms. The lowest BCUT2D eigenvalue weighted by Crippen LogP contribution is -2.27. The number of carbonyl (C=O) groups is 1. The Balaban J connectivity index is 1.85. The molecule has 3 heteroatoms. The van der Waals surface area contributed by atoms with Gasteiger partial charge < -0.3 is 10.3 Å². The van der Waals surface area contributed by atoms with E-state index in [1.807, 2.05) is 36.5 Å². The molecule has 2 aromatic carbocycles. The first kappa shape index (κ1) is 17.3. The molecule has 0 saturated carbocycles. The van der Waals surface area contributed by atoms with Crippen LogP contribution in [0.25, 0.3) is 10.9 Å². The molecule has 1 aromatic heterocycles. The zero-order valence-corrected chi connectivity index (χ0v) is 15.0. The molecule has 1 atom stereocenters. The number of hydrogen-bond donors (Lipinski definition) is 2. The Hall–Kier alpha value is -2.55. The smallest absolute Gasteiger partial charge is 0.220 e. The number of carbonyl (C=O) groups excluding carboxylic acids is 1. The second-order valence-electron chi connectivity index (χ2n) is 6.99. The zero-order chi connectivity index (χ0) is 17.6. The SMILES string of the molecule is CC(C)CCNC(=O)CC(c1ccccc1)c1c[nH]c2ccccc12. The van der Waals surface area contributed by atoms with Crippen LogP contribution in [0.2, 0.25) is 0 Å². The van der Waals surface area contributed by atoms with Crippen molar-refractivity contribution in [2.45, 2.75) is 32.6 Å². The maximum atomic E-state index is 12.5. The van der Waals surface area contributed by atoms with Gasteiger partial charge in [-0.2, -0.15) is 0 Å². The molecule has 3 aromatic rings. The van der Waals surface area contributed by atoms with E-state index in [9.17, 15) is 4.79 Å². The van der Waals surface area contributed by atoms with Crippen molar-refractivity contribution in [2.24, 2.45) is 5.92 Å². The van der Waals surface area contributed by atoms with E-state index in [0.29, 0.717) is 12.3 Å². The van der Waals surface area contributed by atoms with Crippen LogP contribution in [0.1, 0.15) is 43.7 Å². The molecule has 3 rings (SSSR count). The van der Waals surface area contributed by atoms with Gasteiger partial charge in [-0.25, -0.2) is 0 Å². The van der Waals surface area contributed by atoms with Crippen LogP contribution in [0.5, 0.6) is 0 Å². The van der Waals surface area contributed by atoms with Crippen molar-refractivity contribution in [3.05, 3.63) is 71.9 Å². The summed E-state index contributed by atoms with van der Waals surface area (Å²) in [5, 5.41) is 4.26. The fourth-order valence-corrected chi connectivity index (χ4v) is 3.23. The van der Waals surface area contributed by atoms with Crippen molar-refractivity contribution in [3.8, 4) is 0 Å². The van der Waals surface area contributed by atoms with Crippen LogP contribution in [-0.4, -0.2) is 17.4 Å². The lowest BCUT2D eigenvalue weighted by molar-refractivity contribution is -0.121. The summed E-state index contributed by atoms with van der Waals surface area (Å²) in [6.07, 6.45) is 3.52. The summed E-state index contributed by atoms with van der Waals surface area (Å²) in [4.78, 5) is 15.9. The minimum absolute atomic E-state index is 0.0522. The molecule has 0 aliphatic heterocycles. The van der Waals surface area contributed by atoms with Gasteiger partial charge in [0.2, 0.25) is 5.91 Å². The molecular formula is C22H26N2O. The standard InChI is InChI=1S/C22H26N2O/c1-16(2)12-13-23-22(25)14-19(17-8-4-3-5-9-17)20-15-24-21-11-7-6-10-18(20)21/h3-11,15-16,19,24H,12-14H2,1-2H3,(H,23,25). The average molecular weight is 334 g/mol. The summed E-state index contributed by atoms with van der Waals surface area (Å²) in [6.45, 7) is 5.08. The Labute approximate surface area is 149 Å². The highest BCUT2D eigenvalue weighted by Gasteiger charge is 2.21. The zero-order valence-electron chi connectivity index (χ0n) is 15.0. The number of rotatable bonds is 7. The Bertz CT molecular complexity index is 820. The van der Waals surface area contributed by atoms with E-state index in [1.54, 1.807) is 0 Å². The van der Waals surface area contributed by atoms with Gasteiger partial charge in [-0.05, 0) is 29.5 Å². The number of benzene rings is 2. The first-order valence-corrected chi connectivity index (χ1v) is 9.03. The van der Waals surface area contributed by atoms with Crippen LogP contribution < -0.4 is 5.32 Å². The predicted octanol–water partition coefficient (Wildman–Crippen LogP) is 4.85. The number of para-hydroxylation sites is 1. The first-order chi connectivity index (χ1) is 12.1. The summed E-state index contributed by atoms with van der Waals surface area (Å²) >= 11 is 0. The van der Waals surface area contributed by atoms with E-state index in [0.717, 1.165) is 18.5 Å². The molecule has 1 heterocycles. The van der Waals surface area contributed by atoms with Crippen LogP contribution in [0.4, 0.5) is 0 Å². The van der Waals surface area contributed by atoms with Gasteiger partial charge in [-0.15, -0.1) is 0 Å². The molecular weight excluding hydrogens is 308 g/mol. The van der Waals surface area contributed by atoms with Gasteiger partial charge in [0.05, 0.1) is 0 Å². The monoisotopic (exact) mass is 334 g/mol. The summed E-state index contributed by atoms with van der Waals surface area (Å²) in [5.74, 6) is 0.759. The third kappa shape index (κ3) is 4.30. The summed E-state index contributed by atoms with van der Waals surface area (Å²) in [5.41, 5.74) is 3.46. The van der Waals surface area contributed by atoms with Crippen LogP contribution in [-0.2, 0) is 4.79 Å². The van der Waals surface area contributed by atoms with Gasteiger partial charge >= 0.3 is 0 Å². The molecule has 3 nitrogen and oxygen atoms in total. The second-order valence-corrected chi connectivity index (χ2v) is 6.99. The lowest BCUT2D eigenvalue weighted by atomic mass is 9.88. The molecule has 0 spiro atoms. The van der Waals surface area contributed by atoms with E-state index < -0.39 is 0 Å². The Morgan fingerprint density at radius 1 is 1.04 bits per heavy atom. The molecule has 0 saturated heterocycles. The molecule has 0 aliphatic carbocycles. The van der Waals surface area contributed by atoms with Crippen molar-refractivity contribution < 1.29 is 4.79 Å². The summed E-state index contributed by atoms with van der Waals surface area (Å²) in [6, 6.07) is 18.6. The van der Waals surface area contributed by atoms with E-state index in [-0.39, 0.29) is 11.8 Å². The van der Waals surface area contributed by atoms with Crippen molar-refractivity contribution in [2.75, 3.05) is 6.54 Å². The number of aromatic amines is 1. The third-order valence-corrected chi connectivity index (χ3v) is 4.63. The fourth-order valence-electron chi connectivity index (χ4n) is 3.23. The van der Waals surface area contributed by atoms with Crippen LogP contribution in [0.15, 0.2) is 60.8 Å². The molecule has 1 unspecified atom stereocenters. The number of amides is 1. The maximum Gasteiger partial charge on any atom is 0.220 e. The van der Waals surface area contributed by atoms with Crippen LogP contribution in [0, 0.1) is 5.92 Å². The van der Waals surface area contributed by atoms with E-state index in [2.05, 4.69) is 48.4 Å². The van der Waals surface area contributed by atoms with Gasteiger partial charge in [0.25, 0.3) is 0 Å². The van der Waals surface area contributed by atoms with Crippen molar-refractivity contribution in [1.82, 2.24) is 10.3 Å². The van der Waals surface area contributed by atoms with Crippen LogP contribution >= 0.6 is 0 Å². The summed E-state index contributed by atoms with van der Waals surface area (Å²) in [7, 11) is 0. The minimum Gasteiger partial charge on any atom is -0.361 e. The average Bonchev–Trinajstić information content (AvgIpc) is 3.04. The molecule has 130 valence electrons. The molecule has 1 amide bonds. The Kier molecular flexibility index (Phi) is 5.54. The van der Waals surface area contributed by atoms with Gasteiger partial charge in [-0.1, -0.05) is 62.4 Å². The third-order valence-electron chi connectivity index (χ3n) is 4.63. The highest BCUT2D eigenvalue weighted by Crippen LogP contribution is 2.33. The van der Waals surface area contributed by atoms with Gasteiger partial charge in [-0.3, -0.25) is 4.79 Å². The number of nitrogens with one attached hydrogen (secondary N) is 2. The molecule has 0 radical (unpaired) electrons. The molecule has 0 fully saturated rings. The van der Waals surface area contributed by atoms with Crippen molar-refractivity contribution in [1.29, 1.82) is 0 Å². The quantitative estimate of drug-likeness (QED) is 0.637. The molecule has 0 bridgehead atoms. The Morgan fingerprint density at radius 3 is 2.52 bits per heavy atom. The summed E-state index contributed by atoms with van der Waals surface area (Å²) < 4.78 is 0. The van der Waals surface area contributed by atoms with E-state index in [1.165, 1.54) is 16.5 Å². The highest BCUT2D eigenvalue weighted by atomic mass is 16.1. The predicted molar refractivity (Wildman–Crippen MR) is 104 cm³/mol. The van der Waals surface area contributed by atoms with E-state index >= 15 is 0 Å². The molecule has 0 aliphatic rings. The highest BCUT2D eigenvalue weighted by molar-refractivity contribution is 5.86. The number of hydrogen-bond acceptors (Lipinski definition) is 1. The maximum absolute atomic E-state index is 12.5. The molecule has 2 N–H and O–H groups in total. The topological polar surface area (TPSA) is 44.9 Å². The Morgan fingerprint density at radius 2 is 1.76 bits per heavy atom. The normalized spacial score (nSPS) is 12.4. The van der Waals surface area contributed by atoms with Gasteiger partial charge in [0, 0.05) is 36.0 Å². The first-order valence-electron chi connectivity index (χ1n) is 9.03. The van der Waals surface area contributed by atoms with Crippen molar-refractivity contribution >= 4 is 16.8 Å². The van der Waals surface area contributed by atoms with Crippen molar-refractivity contribution in [3.63, 3.8) is 0 Å². The lowest BCUT2D eigenvalue weighted by Gasteiger charge is -2.17. The van der Waals surface area contributed by atoms with E-state index in [4.69, 9.17) is 0 Å². The minimum atomic E-state index is 0.0522. The van der Waals surface area contributed by atoms with Crippen LogP contribution in [0.3, 0.4) is 0 Å². The fraction of sp³-hybridized carbons (Fsp3) is 0.318.